The summed E-state index contributed by atoms with van der Waals surface area (Å²) < 4.78 is 0. The van der Waals surface area contributed by atoms with Crippen LogP contribution in [0, 0.1) is 5.92 Å². The molecule has 0 radical (unpaired) electrons. The normalized spacial score (nSPS) is 26.8. The molecule has 2 fully saturated rings. The Labute approximate surface area is 135 Å². The van der Waals surface area contributed by atoms with Crippen LogP contribution in [0.3, 0.4) is 0 Å². The quantitative estimate of drug-likeness (QED) is 0.927. The van der Waals surface area contributed by atoms with E-state index in [2.05, 4.69) is 47.9 Å². The minimum Gasteiger partial charge on any atom is -0.369 e. The molecule has 1 saturated carbocycles. The number of rotatable bonds is 4. The molecule has 0 amide bonds. The van der Waals surface area contributed by atoms with E-state index in [0.717, 1.165) is 19.0 Å². The van der Waals surface area contributed by atoms with Crippen molar-refractivity contribution in [3.05, 3.63) is 29.8 Å². The van der Waals surface area contributed by atoms with Gasteiger partial charge in [0.05, 0.1) is 0 Å². The molecule has 1 heterocycles. The largest absolute Gasteiger partial charge is 0.369 e. The maximum Gasteiger partial charge on any atom is 0.0367 e. The summed E-state index contributed by atoms with van der Waals surface area (Å²) in [5, 5.41) is 0. The summed E-state index contributed by atoms with van der Waals surface area (Å²) in [5.74, 6) is 1.45. The lowest BCUT2D eigenvalue weighted by Crippen LogP contribution is -2.47. The fourth-order valence-electron chi connectivity index (χ4n) is 3.90. The average molecular weight is 301 g/mol. The zero-order valence-electron chi connectivity index (χ0n) is 14.2. The summed E-state index contributed by atoms with van der Waals surface area (Å²) >= 11 is 0. The van der Waals surface area contributed by atoms with Gasteiger partial charge in [-0.1, -0.05) is 26.0 Å². The predicted molar refractivity (Wildman–Crippen MR) is 94.5 cm³/mol. The SMILES string of the molecule is CC(C)c1ccc(N2CCN(CC3CCC(N)C3)CC2)cc1. The van der Waals surface area contributed by atoms with Gasteiger partial charge in [-0.05, 0) is 48.8 Å². The first-order chi connectivity index (χ1) is 10.6. The van der Waals surface area contributed by atoms with Crippen LogP contribution in [0.1, 0.15) is 44.6 Å². The molecular weight excluding hydrogens is 270 g/mol. The van der Waals surface area contributed by atoms with Gasteiger partial charge in [-0.25, -0.2) is 0 Å². The first-order valence-corrected chi connectivity index (χ1v) is 8.94. The number of hydrogen-bond donors (Lipinski definition) is 1. The van der Waals surface area contributed by atoms with E-state index in [-0.39, 0.29) is 0 Å². The molecule has 122 valence electrons. The van der Waals surface area contributed by atoms with Crippen LogP contribution in [0.15, 0.2) is 24.3 Å². The number of anilines is 1. The molecule has 1 aromatic rings. The van der Waals surface area contributed by atoms with Gasteiger partial charge in [-0.15, -0.1) is 0 Å². The van der Waals surface area contributed by atoms with Gasteiger partial charge in [0, 0.05) is 44.5 Å². The van der Waals surface area contributed by atoms with Crippen molar-refractivity contribution in [1.29, 1.82) is 0 Å². The minimum absolute atomic E-state index is 0.464. The van der Waals surface area contributed by atoms with Crippen molar-refractivity contribution < 1.29 is 0 Å². The third kappa shape index (κ3) is 3.82. The zero-order chi connectivity index (χ0) is 15.5. The number of nitrogens with two attached hydrogens (primary N) is 1. The molecule has 0 aromatic heterocycles. The summed E-state index contributed by atoms with van der Waals surface area (Å²) in [6, 6.07) is 9.62. The van der Waals surface area contributed by atoms with Crippen LogP contribution in [-0.4, -0.2) is 43.7 Å². The molecule has 1 aliphatic heterocycles. The van der Waals surface area contributed by atoms with Crippen molar-refractivity contribution in [3.8, 4) is 0 Å². The van der Waals surface area contributed by atoms with E-state index in [0.29, 0.717) is 12.0 Å². The number of benzene rings is 1. The van der Waals surface area contributed by atoms with Gasteiger partial charge >= 0.3 is 0 Å². The second-order valence-electron chi connectivity index (χ2n) is 7.47. The lowest BCUT2D eigenvalue weighted by molar-refractivity contribution is 0.219. The Morgan fingerprint density at radius 3 is 2.27 bits per heavy atom. The summed E-state index contributed by atoms with van der Waals surface area (Å²) in [7, 11) is 0. The molecule has 3 nitrogen and oxygen atoms in total. The summed E-state index contributed by atoms with van der Waals surface area (Å²) in [5.41, 5.74) is 8.85. The van der Waals surface area contributed by atoms with E-state index in [9.17, 15) is 0 Å². The molecule has 1 aromatic carbocycles. The zero-order valence-corrected chi connectivity index (χ0v) is 14.2. The molecule has 3 heteroatoms. The molecule has 3 rings (SSSR count). The molecule has 1 saturated heterocycles. The number of hydrogen-bond acceptors (Lipinski definition) is 3. The van der Waals surface area contributed by atoms with Gasteiger partial charge in [-0.2, -0.15) is 0 Å². The highest BCUT2D eigenvalue weighted by molar-refractivity contribution is 5.48. The van der Waals surface area contributed by atoms with Gasteiger partial charge < -0.3 is 10.6 Å². The lowest BCUT2D eigenvalue weighted by Gasteiger charge is -2.37. The predicted octanol–water partition coefficient (Wildman–Crippen LogP) is 3.06. The molecule has 0 spiro atoms. The van der Waals surface area contributed by atoms with Crippen LogP contribution in [-0.2, 0) is 0 Å². The Kier molecular flexibility index (Phi) is 5.04. The number of nitrogens with zero attached hydrogens (tertiary/aromatic N) is 2. The molecule has 0 bridgehead atoms. The molecular formula is C19H31N3. The summed E-state index contributed by atoms with van der Waals surface area (Å²) in [6.45, 7) is 10.5. The first-order valence-electron chi connectivity index (χ1n) is 8.94. The molecule has 2 unspecified atom stereocenters. The fraction of sp³-hybridized carbons (Fsp3) is 0.684. The van der Waals surface area contributed by atoms with Crippen molar-refractivity contribution in [2.24, 2.45) is 11.7 Å². The minimum atomic E-state index is 0.464. The van der Waals surface area contributed by atoms with Crippen LogP contribution in [0.4, 0.5) is 5.69 Å². The summed E-state index contributed by atoms with van der Waals surface area (Å²) in [6.07, 6.45) is 3.79. The third-order valence-electron chi connectivity index (χ3n) is 5.40. The highest BCUT2D eigenvalue weighted by Crippen LogP contribution is 2.26. The smallest absolute Gasteiger partial charge is 0.0367 e. The van der Waals surface area contributed by atoms with Crippen LogP contribution < -0.4 is 10.6 Å². The van der Waals surface area contributed by atoms with Crippen molar-refractivity contribution >= 4 is 5.69 Å². The Hall–Kier alpha value is -1.06. The molecule has 2 aliphatic rings. The highest BCUT2D eigenvalue weighted by Gasteiger charge is 2.25. The summed E-state index contributed by atoms with van der Waals surface area (Å²) in [4.78, 5) is 5.17. The van der Waals surface area contributed by atoms with Crippen LogP contribution in [0.2, 0.25) is 0 Å². The standard InChI is InChI=1S/C19H31N3/c1-15(2)17-4-7-19(8-5-17)22-11-9-21(10-12-22)14-16-3-6-18(20)13-16/h4-5,7-8,15-16,18H,3,6,9-14,20H2,1-2H3. The van der Waals surface area contributed by atoms with E-state index in [1.807, 2.05) is 0 Å². The topological polar surface area (TPSA) is 32.5 Å². The Bertz CT molecular complexity index is 460. The van der Waals surface area contributed by atoms with Crippen molar-refractivity contribution in [2.75, 3.05) is 37.6 Å². The van der Waals surface area contributed by atoms with E-state index in [1.165, 1.54) is 50.1 Å². The second kappa shape index (κ2) is 7.01. The van der Waals surface area contributed by atoms with Crippen LogP contribution >= 0.6 is 0 Å². The van der Waals surface area contributed by atoms with E-state index in [1.54, 1.807) is 0 Å². The molecule has 2 N–H and O–H groups in total. The van der Waals surface area contributed by atoms with Gasteiger partial charge in [0.1, 0.15) is 0 Å². The van der Waals surface area contributed by atoms with Gasteiger partial charge in [0.15, 0.2) is 0 Å². The van der Waals surface area contributed by atoms with E-state index >= 15 is 0 Å². The van der Waals surface area contributed by atoms with Crippen LogP contribution in [0.5, 0.6) is 0 Å². The Morgan fingerprint density at radius 2 is 1.73 bits per heavy atom. The van der Waals surface area contributed by atoms with Gasteiger partial charge in [-0.3, -0.25) is 4.90 Å². The molecule has 2 atom stereocenters. The average Bonchev–Trinajstić information content (AvgIpc) is 2.93. The Morgan fingerprint density at radius 1 is 1.05 bits per heavy atom. The van der Waals surface area contributed by atoms with Crippen molar-refractivity contribution in [2.45, 2.75) is 45.1 Å². The van der Waals surface area contributed by atoms with Crippen LogP contribution in [0.25, 0.3) is 0 Å². The van der Waals surface area contributed by atoms with Gasteiger partial charge in [0.2, 0.25) is 0 Å². The van der Waals surface area contributed by atoms with Crippen molar-refractivity contribution in [1.82, 2.24) is 4.90 Å². The fourth-order valence-corrected chi connectivity index (χ4v) is 3.90. The molecule has 1 aliphatic carbocycles. The van der Waals surface area contributed by atoms with Crippen molar-refractivity contribution in [3.63, 3.8) is 0 Å². The monoisotopic (exact) mass is 301 g/mol. The Balaban J connectivity index is 1.48. The van der Waals surface area contributed by atoms with Gasteiger partial charge in [0.25, 0.3) is 0 Å². The first kappa shape index (κ1) is 15.8. The maximum atomic E-state index is 6.03. The molecule has 22 heavy (non-hydrogen) atoms. The second-order valence-corrected chi connectivity index (χ2v) is 7.47. The van der Waals surface area contributed by atoms with E-state index in [4.69, 9.17) is 5.73 Å². The lowest BCUT2D eigenvalue weighted by atomic mass is 10.0. The third-order valence-corrected chi connectivity index (χ3v) is 5.40. The number of piperazine rings is 1. The van der Waals surface area contributed by atoms with E-state index < -0.39 is 0 Å². The maximum absolute atomic E-state index is 6.03. The highest BCUT2D eigenvalue weighted by atomic mass is 15.3.